The van der Waals surface area contributed by atoms with Gasteiger partial charge in [0.25, 0.3) is 5.88 Å². The molecule has 0 radical (unpaired) electrons. The summed E-state index contributed by atoms with van der Waals surface area (Å²) in [5.41, 5.74) is 8.81. The average molecular weight is 476 g/mol. The summed E-state index contributed by atoms with van der Waals surface area (Å²) in [6.45, 7) is 4.61. The van der Waals surface area contributed by atoms with E-state index >= 15 is 0 Å². The molecule has 1 aliphatic rings. The summed E-state index contributed by atoms with van der Waals surface area (Å²) < 4.78 is 20.9. The summed E-state index contributed by atoms with van der Waals surface area (Å²) in [4.78, 5) is 12.5. The predicted molar refractivity (Wildman–Crippen MR) is 129 cm³/mol. The standard InChI is InChI=1S/C24H34N4O4S/c1-3-4-5-6-14-31-23-22(26-33-27-23)19-8-7-13-28(2,16-19)17-32-24(30)21(25)15-18-9-11-20(29)12-10-18/h8-12,21H,3-7,13-17,25H2,1-2H3/p+1/t21-,28?/m0/s1. The van der Waals surface area contributed by atoms with Gasteiger partial charge >= 0.3 is 5.97 Å². The lowest BCUT2D eigenvalue weighted by Crippen LogP contribution is -2.50. The van der Waals surface area contributed by atoms with Crippen LogP contribution in [0.2, 0.25) is 0 Å². The van der Waals surface area contributed by atoms with E-state index in [4.69, 9.17) is 15.2 Å². The molecule has 2 aromatic rings. The topological polar surface area (TPSA) is 108 Å². The minimum atomic E-state index is -0.753. The van der Waals surface area contributed by atoms with Crippen LogP contribution in [0.4, 0.5) is 0 Å². The largest absolute Gasteiger partial charge is 0.508 e. The molecule has 0 bridgehead atoms. The summed E-state index contributed by atoms with van der Waals surface area (Å²) in [6, 6.07) is 5.92. The van der Waals surface area contributed by atoms with Gasteiger partial charge in [-0.1, -0.05) is 44.4 Å². The number of likely N-dealkylation sites (N-methyl/N-ethyl adjacent to an activating group) is 1. The van der Waals surface area contributed by atoms with E-state index in [1.54, 1.807) is 24.3 Å². The van der Waals surface area contributed by atoms with Crippen LogP contribution in [0.1, 0.15) is 50.3 Å². The molecule has 180 valence electrons. The van der Waals surface area contributed by atoms with Gasteiger partial charge in [-0.15, -0.1) is 4.37 Å². The molecule has 1 unspecified atom stereocenters. The van der Waals surface area contributed by atoms with Crippen LogP contribution in [0.5, 0.6) is 11.6 Å². The quantitative estimate of drug-likeness (QED) is 0.275. The molecule has 0 amide bonds. The number of hydrogen-bond donors (Lipinski definition) is 2. The third-order valence-electron chi connectivity index (χ3n) is 5.82. The number of carbonyl (C=O) groups excluding carboxylic acids is 1. The number of phenolic OH excluding ortho intramolecular Hbond substituents is 1. The van der Waals surface area contributed by atoms with Gasteiger partial charge in [0.15, 0.2) is 0 Å². The maximum atomic E-state index is 12.5. The number of phenols is 1. The molecule has 33 heavy (non-hydrogen) atoms. The van der Waals surface area contributed by atoms with Gasteiger partial charge in [-0.05, 0) is 30.5 Å². The van der Waals surface area contributed by atoms with Gasteiger partial charge in [0, 0.05) is 12.0 Å². The van der Waals surface area contributed by atoms with Crippen molar-refractivity contribution in [1.82, 2.24) is 8.75 Å². The van der Waals surface area contributed by atoms with Gasteiger partial charge < -0.3 is 20.3 Å². The van der Waals surface area contributed by atoms with Crippen LogP contribution in [0, 0.1) is 0 Å². The number of esters is 1. The maximum absolute atomic E-state index is 12.5. The summed E-state index contributed by atoms with van der Waals surface area (Å²) in [6.07, 6.45) is 7.97. The van der Waals surface area contributed by atoms with Gasteiger partial charge in [-0.3, -0.25) is 9.28 Å². The zero-order valence-corrected chi connectivity index (χ0v) is 20.4. The Morgan fingerprint density at radius 3 is 2.79 bits per heavy atom. The summed E-state index contributed by atoms with van der Waals surface area (Å²) in [5, 5.41) is 9.39. The molecular formula is C24H35N4O4S+. The van der Waals surface area contributed by atoms with Crippen LogP contribution in [0.3, 0.4) is 0 Å². The number of unbranched alkanes of at least 4 members (excludes halogenated alkanes) is 3. The predicted octanol–water partition coefficient (Wildman–Crippen LogP) is 3.51. The van der Waals surface area contributed by atoms with Crippen molar-refractivity contribution in [3.8, 4) is 11.6 Å². The highest BCUT2D eigenvalue weighted by Gasteiger charge is 2.32. The van der Waals surface area contributed by atoms with Gasteiger partial charge in [-0.25, -0.2) is 0 Å². The minimum Gasteiger partial charge on any atom is -0.508 e. The molecule has 1 aliphatic heterocycles. The molecule has 0 spiro atoms. The first-order valence-corrected chi connectivity index (χ1v) is 12.3. The van der Waals surface area contributed by atoms with E-state index in [0.717, 1.165) is 54.4 Å². The number of carbonyl (C=O) groups is 1. The Kier molecular flexibility index (Phi) is 9.22. The van der Waals surface area contributed by atoms with Crippen molar-refractivity contribution in [3.63, 3.8) is 0 Å². The fraction of sp³-hybridized carbons (Fsp3) is 0.542. The van der Waals surface area contributed by atoms with Crippen LogP contribution in [-0.2, 0) is 16.0 Å². The molecular weight excluding hydrogens is 440 g/mol. The third-order valence-corrected chi connectivity index (χ3v) is 6.34. The highest BCUT2D eigenvalue weighted by atomic mass is 32.1. The lowest BCUT2D eigenvalue weighted by Gasteiger charge is -2.36. The SMILES string of the molecule is CCCCCCOc1nsnc1C1=CCC[N+](C)(COC(=O)[C@@H](N)Cc2ccc(O)cc2)C1. The fourth-order valence-electron chi connectivity index (χ4n) is 3.85. The summed E-state index contributed by atoms with van der Waals surface area (Å²) in [7, 11) is 2.07. The second-order valence-electron chi connectivity index (χ2n) is 8.92. The molecule has 3 rings (SSSR count). The first kappa shape index (κ1) is 25.1. The van der Waals surface area contributed by atoms with Crippen LogP contribution in [-0.4, -0.2) is 63.8 Å². The second-order valence-corrected chi connectivity index (χ2v) is 9.44. The highest BCUT2D eigenvalue weighted by molar-refractivity contribution is 6.99. The van der Waals surface area contributed by atoms with Crippen molar-refractivity contribution in [1.29, 1.82) is 0 Å². The Morgan fingerprint density at radius 2 is 2.03 bits per heavy atom. The number of ether oxygens (including phenoxy) is 2. The first-order valence-electron chi connectivity index (χ1n) is 11.6. The van der Waals surface area contributed by atoms with E-state index in [1.807, 2.05) is 0 Å². The maximum Gasteiger partial charge on any atom is 0.327 e. The van der Waals surface area contributed by atoms with Crippen molar-refractivity contribution >= 4 is 23.3 Å². The third kappa shape index (κ3) is 7.52. The van der Waals surface area contributed by atoms with E-state index in [0.29, 0.717) is 29.9 Å². The highest BCUT2D eigenvalue weighted by Crippen LogP contribution is 2.30. The molecule has 0 aliphatic carbocycles. The number of hydrogen-bond acceptors (Lipinski definition) is 8. The normalized spacial score (nSPS) is 19.1. The number of aromatic nitrogens is 2. The Hall–Kier alpha value is -2.49. The minimum absolute atomic E-state index is 0.182. The average Bonchev–Trinajstić information content (AvgIpc) is 3.27. The number of nitrogens with zero attached hydrogens (tertiary/aromatic N) is 3. The lowest BCUT2D eigenvalue weighted by molar-refractivity contribution is -0.919. The molecule has 2 atom stereocenters. The van der Waals surface area contributed by atoms with Crippen LogP contribution in [0.25, 0.3) is 5.57 Å². The Bertz CT molecular complexity index is 931. The molecule has 2 heterocycles. The Balaban J connectivity index is 1.51. The fourth-order valence-corrected chi connectivity index (χ4v) is 4.38. The van der Waals surface area contributed by atoms with Crippen LogP contribution in [0.15, 0.2) is 30.3 Å². The molecule has 1 aromatic carbocycles. The van der Waals surface area contributed by atoms with Crippen molar-refractivity contribution in [3.05, 3.63) is 41.6 Å². The van der Waals surface area contributed by atoms with Gasteiger partial charge in [0.05, 0.1) is 31.9 Å². The van der Waals surface area contributed by atoms with Crippen molar-refractivity contribution in [2.75, 3.05) is 33.5 Å². The van der Waals surface area contributed by atoms with Crippen molar-refractivity contribution in [2.24, 2.45) is 5.73 Å². The monoisotopic (exact) mass is 475 g/mol. The molecule has 3 N–H and O–H groups in total. The van der Waals surface area contributed by atoms with E-state index < -0.39 is 12.0 Å². The van der Waals surface area contributed by atoms with Gasteiger partial charge in [0.2, 0.25) is 6.73 Å². The summed E-state index contributed by atoms with van der Waals surface area (Å²) in [5.74, 6) is 0.357. The van der Waals surface area contributed by atoms with E-state index in [9.17, 15) is 9.90 Å². The van der Waals surface area contributed by atoms with E-state index in [2.05, 4.69) is 28.8 Å². The zero-order valence-electron chi connectivity index (χ0n) is 19.5. The van der Waals surface area contributed by atoms with Crippen LogP contribution >= 0.6 is 11.7 Å². The molecule has 0 saturated carbocycles. The Labute approximate surface area is 199 Å². The lowest BCUT2D eigenvalue weighted by atomic mass is 10.1. The van der Waals surface area contributed by atoms with Crippen LogP contribution < -0.4 is 10.5 Å². The first-order chi connectivity index (χ1) is 15.9. The summed E-state index contributed by atoms with van der Waals surface area (Å²) >= 11 is 1.16. The number of rotatable bonds is 12. The smallest absolute Gasteiger partial charge is 0.327 e. The molecule has 1 aromatic heterocycles. The molecule has 0 fully saturated rings. The van der Waals surface area contributed by atoms with Gasteiger partial charge in [-0.2, -0.15) is 4.37 Å². The zero-order chi connectivity index (χ0) is 23.7. The number of nitrogens with two attached hydrogens (primary N) is 1. The van der Waals surface area contributed by atoms with Gasteiger partial charge in [0.1, 0.15) is 24.0 Å². The molecule has 8 nitrogen and oxygen atoms in total. The molecule has 9 heteroatoms. The van der Waals surface area contributed by atoms with Crippen molar-refractivity contribution < 1.29 is 23.9 Å². The Morgan fingerprint density at radius 1 is 1.24 bits per heavy atom. The van der Waals surface area contributed by atoms with E-state index in [1.165, 1.54) is 12.8 Å². The van der Waals surface area contributed by atoms with Crippen molar-refractivity contribution in [2.45, 2.75) is 51.5 Å². The second kappa shape index (κ2) is 12.1. The number of quaternary nitrogens is 1. The number of aromatic hydroxyl groups is 1. The molecule has 0 saturated heterocycles. The van der Waals surface area contributed by atoms with E-state index in [-0.39, 0.29) is 12.5 Å². The number of benzene rings is 1.